The van der Waals surface area contributed by atoms with Crippen LogP contribution in [0.15, 0.2) is 29.3 Å². The number of aliphatic imine (C=N–C) groups is 1. The molecule has 1 aromatic rings. The van der Waals surface area contributed by atoms with Gasteiger partial charge >= 0.3 is 0 Å². The number of nitrogens with zero attached hydrogens (tertiary/aromatic N) is 2. The van der Waals surface area contributed by atoms with E-state index in [1.165, 1.54) is 11.3 Å². The van der Waals surface area contributed by atoms with Gasteiger partial charge in [0.1, 0.15) is 0 Å². The first kappa shape index (κ1) is 12.9. The third kappa shape index (κ3) is 2.22. The van der Waals surface area contributed by atoms with E-state index < -0.39 is 0 Å². The molecule has 2 N–H and O–H groups in total. The summed E-state index contributed by atoms with van der Waals surface area (Å²) in [5.74, 6) is 1.27. The second-order valence-corrected chi connectivity index (χ2v) is 5.89. The average molecular weight is 245 g/mol. The van der Waals surface area contributed by atoms with Crippen molar-refractivity contribution in [1.82, 2.24) is 0 Å². The van der Waals surface area contributed by atoms with Crippen molar-refractivity contribution in [1.29, 1.82) is 0 Å². The van der Waals surface area contributed by atoms with Crippen LogP contribution in [0.3, 0.4) is 0 Å². The van der Waals surface area contributed by atoms with Gasteiger partial charge in [-0.05, 0) is 37.8 Å². The first-order valence-corrected chi connectivity index (χ1v) is 6.60. The van der Waals surface area contributed by atoms with E-state index in [1.54, 1.807) is 0 Å². The molecule has 1 aliphatic heterocycles. The Bertz CT molecular complexity index is 465. The van der Waals surface area contributed by atoms with Crippen LogP contribution in [-0.4, -0.2) is 18.0 Å². The molecule has 0 saturated carbocycles. The SMILES string of the molecule is Cc1ccccc1N1C(N)=NCC1(C)CC(C)C. The lowest BCUT2D eigenvalue weighted by Gasteiger charge is -2.38. The second kappa shape index (κ2) is 4.63. The van der Waals surface area contributed by atoms with Crippen LogP contribution in [0.2, 0.25) is 0 Å². The van der Waals surface area contributed by atoms with Crippen LogP contribution in [0.4, 0.5) is 5.69 Å². The summed E-state index contributed by atoms with van der Waals surface area (Å²) in [6.07, 6.45) is 1.09. The summed E-state index contributed by atoms with van der Waals surface area (Å²) in [6.45, 7) is 9.65. The van der Waals surface area contributed by atoms with Crippen molar-refractivity contribution in [3.63, 3.8) is 0 Å². The predicted octanol–water partition coefficient (Wildman–Crippen LogP) is 2.93. The normalized spacial score (nSPS) is 23.6. The number of anilines is 1. The van der Waals surface area contributed by atoms with Crippen molar-refractivity contribution in [3.05, 3.63) is 29.8 Å². The van der Waals surface area contributed by atoms with Gasteiger partial charge in [-0.1, -0.05) is 32.0 Å². The molecular formula is C15H23N3. The maximum absolute atomic E-state index is 6.11. The number of hydrogen-bond acceptors (Lipinski definition) is 3. The van der Waals surface area contributed by atoms with Gasteiger partial charge in [0.05, 0.1) is 12.1 Å². The van der Waals surface area contributed by atoms with Crippen molar-refractivity contribution in [2.45, 2.75) is 39.7 Å². The Morgan fingerprint density at radius 1 is 1.39 bits per heavy atom. The van der Waals surface area contributed by atoms with Crippen molar-refractivity contribution in [2.24, 2.45) is 16.6 Å². The zero-order valence-electron chi connectivity index (χ0n) is 11.8. The fraction of sp³-hybridized carbons (Fsp3) is 0.533. The quantitative estimate of drug-likeness (QED) is 0.889. The highest BCUT2D eigenvalue weighted by atomic mass is 15.4. The number of guanidine groups is 1. The summed E-state index contributed by atoms with van der Waals surface area (Å²) < 4.78 is 0. The van der Waals surface area contributed by atoms with Crippen molar-refractivity contribution in [3.8, 4) is 0 Å². The first-order chi connectivity index (χ1) is 8.44. The summed E-state index contributed by atoms with van der Waals surface area (Å²) in [6, 6.07) is 8.37. The zero-order chi connectivity index (χ0) is 13.3. The lowest BCUT2D eigenvalue weighted by atomic mass is 9.89. The minimum absolute atomic E-state index is 0.00433. The Kier molecular flexibility index (Phi) is 3.33. The van der Waals surface area contributed by atoms with E-state index in [0.29, 0.717) is 11.9 Å². The molecule has 1 heterocycles. The monoisotopic (exact) mass is 245 g/mol. The Labute approximate surface area is 110 Å². The van der Waals surface area contributed by atoms with Crippen LogP contribution in [0, 0.1) is 12.8 Å². The first-order valence-electron chi connectivity index (χ1n) is 6.60. The van der Waals surface area contributed by atoms with Gasteiger partial charge in [-0.2, -0.15) is 0 Å². The maximum Gasteiger partial charge on any atom is 0.196 e. The number of rotatable bonds is 3. The molecule has 0 bridgehead atoms. The molecule has 1 aliphatic rings. The molecule has 3 nitrogen and oxygen atoms in total. The van der Waals surface area contributed by atoms with Gasteiger partial charge in [0.15, 0.2) is 5.96 Å². The Hall–Kier alpha value is -1.51. The van der Waals surface area contributed by atoms with E-state index in [0.717, 1.165) is 13.0 Å². The highest BCUT2D eigenvalue weighted by Crippen LogP contribution is 2.34. The summed E-state index contributed by atoms with van der Waals surface area (Å²) in [7, 11) is 0. The van der Waals surface area contributed by atoms with E-state index in [-0.39, 0.29) is 5.54 Å². The molecule has 0 aromatic heterocycles. The highest BCUT2D eigenvalue weighted by Gasteiger charge is 2.39. The van der Waals surface area contributed by atoms with Crippen molar-refractivity contribution in [2.75, 3.05) is 11.4 Å². The molecule has 2 rings (SSSR count). The number of benzene rings is 1. The largest absolute Gasteiger partial charge is 0.369 e. The van der Waals surface area contributed by atoms with E-state index in [9.17, 15) is 0 Å². The lowest BCUT2D eigenvalue weighted by molar-refractivity contribution is 0.392. The average Bonchev–Trinajstić information content (AvgIpc) is 2.55. The molecule has 3 heteroatoms. The van der Waals surface area contributed by atoms with E-state index in [1.807, 2.05) is 0 Å². The lowest BCUT2D eigenvalue weighted by Crippen LogP contribution is -2.51. The Balaban J connectivity index is 2.39. The predicted molar refractivity (Wildman–Crippen MR) is 78.0 cm³/mol. The van der Waals surface area contributed by atoms with Gasteiger partial charge in [-0.15, -0.1) is 0 Å². The van der Waals surface area contributed by atoms with Crippen LogP contribution in [0.5, 0.6) is 0 Å². The minimum Gasteiger partial charge on any atom is -0.369 e. The van der Waals surface area contributed by atoms with Gasteiger partial charge in [0.25, 0.3) is 0 Å². The molecule has 0 amide bonds. The maximum atomic E-state index is 6.11. The fourth-order valence-corrected chi connectivity index (χ4v) is 2.93. The smallest absolute Gasteiger partial charge is 0.196 e. The number of aryl methyl sites for hydroxylation is 1. The molecule has 1 unspecified atom stereocenters. The van der Waals surface area contributed by atoms with Gasteiger partial charge in [-0.25, -0.2) is 0 Å². The third-order valence-electron chi connectivity index (χ3n) is 3.55. The summed E-state index contributed by atoms with van der Waals surface area (Å²) in [5.41, 5.74) is 8.53. The molecule has 0 aliphatic carbocycles. The van der Waals surface area contributed by atoms with E-state index >= 15 is 0 Å². The Morgan fingerprint density at radius 3 is 2.67 bits per heavy atom. The third-order valence-corrected chi connectivity index (χ3v) is 3.55. The van der Waals surface area contributed by atoms with E-state index in [4.69, 9.17) is 5.73 Å². The molecule has 0 spiro atoms. The number of hydrogen-bond donors (Lipinski definition) is 1. The highest BCUT2D eigenvalue weighted by molar-refractivity contribution is 5.98. The van der Waals surface area contributed by atoms with Gasteiger partial charge in [0, 0.05) is 5.69 Å². The molecule has 0 radical (unpaired) electrons. The topological polar surface area (TPSA) is 41.6 Å². The molecule has 1 aromatic carbocycles. The summed E-state index contributed by atoms with van der Waals surface area (Å²) in [4.78, 5) is 6.67. The molecule has 0 saturated heterocycles. The molecule has 1 atom stereocenters. The number of nitrogens with two attached hydrogens (primary N) is 1. The number of para-hydroxylation sites is 1. The van der Waals surface area contributed by atoms with Crippen LogP contribution in [0.1, 0.15) is 32.8 Å². The minimum atomic E-state index is 0.00433. The fourth-order valence-electron chi connectivity index (χ4n) is 2.93. The Morgan fingerprint density at radius 2 is 2.06 bits per heavy atom. The van der Waals surface area contributed by atoms with Crippen LogP contribution in [0.25, 0.3) is 0 Å². The van der Waals surface area contributed by atoms with Crippen molar-refractivity contribution >= 4 is 11.6 Å². The van der Waals surface area contributed by atoms with Crippen LogP contribution in [-0.2, 0) is 0 Å². The molecule has 18 heavy (non-hydrogen) atoms. The molecular weight excluding hydrogens is 222 g/mol. The van der Waals surface area contributed by atoms with Crippen LogP contribution >= 0.6 is 0 Å². The summed E-state index contributed by atoms with van der Waals surface area (Å²) in [5, 5.41) is 0. The van der Waals surface area contributed by atoms with Crippen molar-refractivity contribution < 1.29 is 0 Å². The standard InChI is InChI=1S/C15H23N3/c1-11(2)9-15(4)10-17-14(16)18(15)13-8-6-5-7-12(13)3/h5-8,11H,9-10H2,1-4H3,(H2,16,17). The van der Waals surface area contributed by atoms with Gasteiger partial charge in [-0.3, -0.25) is 4.99 Å². The van der Waals surface area contributed by atoms with Crippen LogP contribution < -0.4 is 10.6 Å². The zero-order valence-corrected chi connectivity index (χ0v) is 11.8. The second-order valence-electron chi connectivity index (χ2n) is 5.89. The summed E-state index contributed by atoms with van der Waals surface area (Å²) >= 11 is 0. The molecule has 98 valence electrons. The van der Waals surface area contributed by atoms with E-state index in [2.05, 4.69) is 61.9 Å². The van der Waals surface area contributed by atoms with Gasteiger partial charge in [0.2, 0.25) is 0 Å². The molecule has 0 fully saturated rings. The van der Waals surface area contributed by atoms with Gasteiger partial charge < -0.3 is 10.6 Å².